The third kappa shape index (κ3) is 2.48. The number of imide groups is 1. The van der Waals surface area contributed by atoms with Crippen molar-refractivity contribution in [3.05, 3.63) is 53.6 Å². The van der Waals surface area contributed by atoms with E-state index in [1.165, 1.54) is 4.90 Å². The van der Waals surface area contributed by atoms with Crippen LogP contribution in [0.4, 0.5) is 0 Å². The maximum atomic E-state index is 12.6. The number of aromatic amines is 1. The Morgan fingerprint density at radius 3 is 2.46 bits per heavy atom. The Kier molecular flexibility index (Phi) is 3.61. The van der Waals surface area contributed by atoms with Crippen molar-refractivity contribution in [2.24, 2.45) is 11.3 Å². The topological polar surface area (TPSA) is 83.1 Å². The zero-order valence-electron chi connectivity index (χ0n) is 14.9. The Morgan fingerprint density at radius 1 is 1.27 bits per heavy atom. The van der Waals surface area contributed by atoms with E-state index in [0.717, 1.165) is 24.8 Å². The van der Waals surface area contributed by atoms with E-state index >= 15 is 0 Å². The summed E-state index contributed by atoms with van der Waals surface area (Å²) in [5, 5.41) is 0. The summed E-state index contributed by atoms with van der Waals surface area (Å²) in [7, 11) is 0. The molecular formula is C20H21N3O3. The minimum absolute atomic E-state index is 0.186. The first-order valence-electron chi connectivity index (χ1n) is 8.78. The van der Waals surface area contributed by atoms with E-state index in [4.69, 9.17) is 0 Å². The first-order chi connectivity index (χ1) is 12.4. The highest BCUT2D eigenvalue weighted by Gasteiger charge is 2.58. The first-order valence-corrected chi connectivity index (χ1v) is 8.78. The summed E-state index contributed by atoms with van der Waals surface area (Å²) >= 11 is 0. The molecular weight excluding hydrogens is 330 g/mol. The summed E-state index contributed by atoms with van der Waals surface area (Å²) in [6, 6.07) is 6.93. The zero-order valence-corrected chi connectivity index (χ0v) is 14.9. The zero-order chi connectivity index (χ0) is 18.5. The fourth-order valence-corrected chi connectivity index (χ4v) is 4.19. The fourth-order valence-electron chi connectivity index (χ4n) is 4.19. The van der Waals surface area contributed by atoms with Crippen LogP contribution >= 0.6 is 0 Å². The minimum Gasteiger partial charge on any atom is -0.348 e. The lowest BCUT2D eigenvalue weighted by Crippen LogP contribution is -2.39. The molecule has 2 atom stereocenters. The molecule has 2 amide bonds. The highest BCUT2D eigenvalue weighted by molar-refractivity contribution is 6.21. The van der Waals surface area contributed by atoms with Crippen LogP contribution in [0, 0.1) is 11.3 Å². The standard InChI is InChI=1S/C20H21N3O3/c1-19(2,7-13-8-20(13,11-24)16-9-21-12-22-16)10-23-17(25)14-5-3-4-6-15(14)18(23)26/h3-6,9,11-13H,7-8,10H2,1-2H3,(H,21,22). The second-order valence-corrected chi connectivity index (χ2v) is 8.13. The van der Waals surface area contributed by atoms with Gasteiger partial charge in [0.2, 0.25) is 0 Å². The molecule has 1 fully saturated rings. The van der Waals surface area contributed by atoms with Crippen LogP contribution < -0.4 is 0 Å². The Balaban J connectivity index is 1.48. The Labute approximate surface area is 151 Å². The predicted molar refractivity (Wildman–Crippen MR) is 94.6 cm³/mol. The van der Waals surface area contributed by atoms with E-state index in [-0.39, 0.29) is 23.1 Å². The average Bonchev–Trinajstić information content (AvgIpc) is 2.96. The number of rotatable bonds is 6. The van der Waals surface area contributed by atoms with Crippen molar-refractivity contribution in [2.75, 3.05) is 6.54 Å². The first kappa shape index (κ1) is 16.7. The Morgan fingerprint density at radius 2 is 1.92 bits per heavy atom. The third-order valence-corrected chi connectivity index (χ3v) is 5.63. The molecule has 1 aromatic heterocycles. The van der Waals surface area contributed by atoms with Gasteiger partial charge < -0.3 is 9.78 Å². The van der Waals surface area contributed by atoms with E-state index in [1.54, 1.807) is 36.8 Å². The van der Waals surface area contributed by atoms with Crippen molar-refractivity contribution in [3.63, 3.8) is 0 Å². The maximum Gasteiger partial charge on any atom is 0.261 e. The molecule has 0 bridgehead atoms. The number of imidazole rings is 1. The van der Waals surface area contributed by atoms with Crippen LogP contribution in [0.15, 0.2) is 36.8 Å². The highest BCUT2D eigenvalue weighted by atomic mass is 16.2. The number of carbonyl (C=O) groups is 3. The average molecular weight is 351 g/mol. The number of hydrogen-bond donors (Lipinski definition) is 1. The number of benzene rings is 1. The van der Waals surface area contributed by atoms with Gasteiger partial charge in [-0.05, 0) is 36.3 Å². The molecule has 4 rings (SSSR count). The third-order valence-electron chi connectivity index (χ3n) is 5.63. The van der Waals surface area contributed by atoms with Crippen molar-refractivity contribution in [3.8, 4) is 0 Å². The van der Waals surface area contributed by atoms with Crippen molar-refractivity contribution in [1.29, 1.82) is 0 Å². The SMILES string of the molecule is CC(C)(CC1CC1(C=O)c1cnc[nH]1)CN1C(=O)c2ccccc2C1=O. The van der Waals surface area contributed by atoms with Gasteiger partial charge in [0.05, 0.1) is 22.9 Å². The van der Waals surface area contributed by atoms with E-state index in [1.807, 2.05) is 13.8 Å². The van der Waals surface area contributed by atoms with Gasteiger partial charge in [-0.25, -0.2) is 4.98 Å². The van der Waals surface area contributed by atoms with Crippen LogP contribution in [0.2, 0.25) is 0 Å². The molecule has 1 aliphatic heterocycles. The van der Waals surface area contributed by atoms with Gasteiger partial charge in [0, 0.05) is 18.4 Å². The fraction of sp³-hybridized carbons (Fsp3) is 0.400. The number of nitrogens with one attached hydrogen (secondary N) is 1. The molecule has 1 N–H and O–H groups in total. The van der Waals surface area contributed by atoms with Crippen LogP contribution in [0.5, 0.6) is 0 Å². The van der Waals surface area contributed by atoms with Gasteiger partial charge in [0.25, 0.3) is 11.8 Å². The molecule has 0 spiro atoms. The van der Waals surface area contributed by atoms with Gasteiger partial charge in [-0.15, -0.1) is 0 Å². The van der Waals surface area contributed by atoms with Gasteiger partial charge in [-0.3, -0.25) is 14.5 Å². The second kappa shape index (κ2) is 5.62. The molecule has 1 saturated carbocycles. The highest BCUT2D eigenvalue weighted by Crippen LogP contribution is 2.56. The molecule has 6 nitrogen and oxygen atoms in total. The lowest BCUT2D eigenvalue weighted by Gasteiger charge is -2.30. The molecule has 0 radical (unpaired) electrons. The van der Waals surface area contributed by atoms with Crippen molar-refractivity contribution in [2.45, 2.75) is 32.1 Å². The molecule has 2 unspecified atom stereocenters. The lowest BCUT2D eigenvalue weighted by molar-refractivity contribution is -0.110. The number of aldehydes is 1. The van der Waals surface area contributed by atoms with Crippen LogP contribution in [0.25, 0.3) is 0 Å². The quantitative estimate of drug-likeness (QED) is 0.640. The molecule has 1 aliphatic carbocycles. The minimum atomic E-state index is -0.504. The van der Waals surface area contributed by atoms with Gasteiger partial charge in [0.1, 0.15) is 6.29 Å². The number of carbonyl (C=O) groups excluding carboxylic acids is 3. The monoisotopic (exact) mass is 351 g/mol. The molecule has 0 saturated heterocycles. The summed E-state index contributed by atoms with van der Waals surface area (Å²) < 4.78 is 0. The number of fused-ring (bicyclic) bond motifs is 1. The summed E-state index contributed by atoms with van der Waals surface area (Å²) in [5.74, 6) is -0.278. The summed E-state index contributed by atoms with van der Waals surface area (Å²) in [6.45, 7) is 4.42. The van der Waals surface area contributed by atoms with E-state index in [9.17, 15) is 14.4 Å². The molecule has 26 heavy (non-hydrogen) atoms. The smallest absolute Gasteiger partial charge is 0.261 e. The Hall–Kier alpha value is -2.76. The second-order valence-electron chi connectivity index (χ2n) is 8.13. The Bertz CT molecular complexity index is 852. The van der Waals surface area contributed by atoms with E-state index in [0.29, 0.717) is 17.7 Å². The summed E-state index contributed by atoms with van der Waals surface area (Å²) in [6.07, 6.45) is 5.80. The van der Waals surface area contributed by atoms with Gasteiger partial charge >= 0.3 is 0 Å². The molecule has 2 aromatic rings. The van der Waals surface area contributed by atoms with Crippen LogP contribution in [-0.2, 0) is 10.2 Å². The van der Waals surface area contributed by atoms with Gasteiger partial charge in [-0.1, -0.05) is 26.0 Å². The lowest BCUT2D eigenvalue weighted by atomic mass is 9.83. The van der Waals surface area contributed by atoms with Crippen molar-refractivity contribution >= 4 is 18.1 Å². The largest absolute Gasteiger partial charge is 0.348 e. The molecule has 6 heteroatoms. The molecule has 2 heterocycles. The van der Waals surface area contributed by atoms with E-state index in [2.05, 4.69) is 9.97 Å². The molecule has 2 aliphatic rings. The number of aromatic nitrogens is 2. The molecule has 1 aromatic carbocycles. The van der Waals surface area contributed by atoms with Crippen LogP contribution in [-0.4, -0.2) is 39.5 Å². The van der Waals surface area contributed by atoms with Gasteiger partial charge in [-0.2, -0.15) is 0 Å². The van der Waals surface area contributed by atoms with Gasteiger partial charge in [0.15, 0.2) is 0 Å². The van der Waals surface area contributed by atoms with Crippen molar-refractivity contribution < 1.29 is 14.4 Å². The number of nitrogens with zero attached hydrogens (tertiary/aromatic N) is 2. The normalized spacial score (nSPS) is 24.7. The number of hydrogen-bond acceptors (Lipinski definition) is 4. The number of amides is 2. The van der Waals surface area contributed by atoms with Crippen LogP contribution in [0.3, 0.4) is 0 Å². The predicted octanol–water partition coefficient (Wildman–Crippen LogP) is 2.58. The van der Waals surface area contributed by atoms with E-state index < -0.39 is 5.41 Å². The molecule has 134 valence electrons. The van der Waals surface area contributed by atoms with Crippen LogP contribution in [0.1, 0.15) is 53.1 Å². The maximum absolute atomic E-state index is 12.6. The number of H-pyrrole nitrogens is 1. The summed E-state index contributed by atoms with van der Waals surface area (Å²) in [5.41, 5.74) is 0.992. The summed E-state index contributed by atoms with van der Waals surface area (Å²) in [4.78, 5) is 45.3. The van der Waals surface area contributed by atoms with Crippen molar-refractivity contribution in [1.82, 2.24) is 14.9 Å².